The lowest BCUT2D eigenvalue weighted by Crippen LogP contribution is -2.64. The van der Waals surface area contributed by atoms with Gasteiger partial charge in [-0.15, -0.1) is 6.58 Å². The fourth-order valence-electron chi connectivity index (χ4n) is 4.58. The van der Waals surface area contributed by atoms with Crippen molar-refractivity contribution in [1.82, 2.24) is 0 Å². The van der Waals surface area contributed by atoms with Gasteiger partial charge in [0.05, 0.1) is 25.9 Å². The zero-order valence-corrected chi connectivity index (χ0v) is 21.9. The number of methoxy groups -OCH3 is 1. The van der Waals surface area contributed by atoms with E-state index in [2.05, 4.69) is 6.58 Å². The minimum Gasteiger partial charge on any atom is -0.497 e. The number of carbonyl (C=O) groups excluding carboxylic acids is 1. The first-order valence-corrected chi connectivity index (χ1v) is 12.8. The molecule has 0 saturated carbocycles. The molecule has 3 aromatic carbocycles. The molecule has 2 saturated heterocycles. The molecule has 2 aliphatic rings. The normalized spacial score (nSPS) is 26.2. The summed E-state index contributed by atoms with van der Waals surface area (Å²) in [5.74, 6) is 0.671. The average Bonchev–Trinajstić information content (AvgIpc) is 2.98. The Kier molecular flexibility index (Phi) is 8.58. The van der Waals surface area contributed by atoms with E-state index in [1.165, 1.54) is 0 Å². The largest absolute Gasteiger partial charge is 0.497 e. The maximum Gasteiger partial charge on any atom is 0.338 e. The number of benzene rings is 3. The van der Waals surface area contributed by atoms with Crippen molar-refractivity contribution >= 4 is 5.97 Å². The van der Waals surface area contributed by atoms with Gasteiger partial charge >= 0.3 is 5.97 Å². The van der Waals surface area contributed by atoms with Crippen LogP contribution in [0.3, 0.4) is 0 Å². The monoisotopic (exact) mass is 532 g/mol. The third-order valence-corrected chi connectivity index (χ3v) is 6.60. The van der Waals surface area contributed by atoms with Crippen LogP contribution in [0.1, 0.15) is 27.8 Å². The second kappa shape index (κ2) is 12.4. The highest BCUT2D eigenvalue weighted by Crippen LogP contribution is 2.37. The molecule has 5 rings (SSSR count). The highest BCUT2D eigenvalue weighted by Gasteiger charge is 2.53. The quantitative estimate of drug-likeness (QED) is 0.281. The van der Waals surface area contributed by atoms with Gasteiger partial charge in [0.25, 0.3) is 0 Å². The van der Waals surface area contributed by atoms with Crippen molar-refractivity contribution in [3.8, 4) is 11.5 Å². The zero-order valence-electron chi connectivity index (χ0n) is 21.9. The van der Waals surface area contributed by atoms with Gasteiger partial charge in [-0.05, 0) is 43.3 Å². The van der Waals surface area contributed by atoms with Crippen LogP contribution >= 0.6 is 0 Å². The first-order chi connectivity index (χ1) is 19.1. The van der Waals surface area contributed by atoms with Crippen molar-refractivity contribution < 1.29 is 38.0 Å². The van der Waals surface area contributed by atoms with Crippen molar-refractivity contribution in [2.75, 3.05) is 20.3 Å². The predicted molar refractivity (Wildman–Crippen MR) is 143 cm³/mol. The van der Waals surface area contributed by atoms with Crippen LogP contribution < -0.4 is 9.47 Å². The summed E-state index contributed by atoms with van der Waals surface area (Å²) in [5.41, 5.74) is 2.30. The molecule has 6 unspecified atom stereocenters. The van der Waals surface area contributed by atoms with Gasteiger partial charge in [0.15, 0.2) is 12.4 Å². The summed E-state index contributed by atoms with van der Waals surface area (Å²) in [4.78, 5) is 13.3. The van der Waals surface area contributed by atoms with Crippen LogP contribution in [-0.2, 0) is 23.7 Å². The molecule has 2 fully saturated rings. The maximum atomic E-state index is 13.3. The molecular formula is C31H32O8. The summed E-state index contributed by atoms with van der Waals surface area (Å²) in [6.45, 7) is 6.18. The van der Waals surface area contributed by atoms with Crippen molar-refractivity contribution in [3.05, 3.63) is 108 Å². The molecular weight excluding hydrogens is 500 g/mol. The SMILES string of the molecule is C=CCOC1C2OC(c3ccccc3)OCC2OC(Oc2ccc(OC)cc2)C1OC(=O)c1ccc(C)cc1. The first kappa shape index (κ1) is 26.9. The van der Waals surface area contributed by atoms with E-state index in [-0.39, 0.29) is 13.2 Å². The topological polar surface area (TPSA) is 81.7 Å². The molecule has 0 spiro atoms. The molecule has 0 bridgehead atoms. The molecule has 0 radical (unpaired) electrons. The summed E-state index contributed by atoms with van der Waals surface area (Å²) >= 11 is 0. The number of hydrogen-bond acceptors (Lipinski definition) is 8. The highest BCUT2D eigenvalue weighted by molar-refractivity contribution is 5.89. The second-order valence-corrected chi connectivity index (χ2v) is 9.34. The highest BCUT2D eigenvalue weighted by atomic mass is 16.8. The van der Waals surface area contributed by atoms with E-state index in [4.69, 9.17) is 33.2 Å². The molecule has 6 atom stereocenters. The van der Waals surface area contributed by atoms with E-state index in [0.29, 0.717) is 17.1 Å². The van der Waals surface area contributed by atoms with Gasteiger partial charge < -0.3 is 33.2 Å². The molecule has 3 aromatic rings. The van der Waals surface area contributed by atoms with Gasteiger partial charge in [0.2, 0.25) is 6.29 Å². The lowest BCUT2D eigenvalue weighted by atomic mass is 9.97. The summed E-state index contributed by atoms with van der Waals surface area (Å²) in [5, 5.41) is 0. The van der Waals surface area contributed by atoms with E-state index in [1.807, 2.05) is 49.4 Å². The van der Waals surface area contributed by atoms with Crippen molar-refractivity contribution in [3.63, 3.8) is 0 Å². The molecule has 0 aliphatic carbocycles. The molecule has 8 heteroatoms. The van der Waals surface area contributed by atoms with Gasteiger partial charge in [-0.25, -0.2) is 4.79 Å². The van der Waals surface area contributed by atoms with Crippen LogP contribution in [-0.4, -0.2) is 57.0 Å². The van der Waals surface area contributed by atoms with Gasteiger partial charge in [-0.1, -0.05) is 54.1 Å². The molecule has 204 valence electrons. The van der Waals surface area contributed by atoms with E-state index < -0.39 is 43.0 Å². The fourth-order valence-corrected chi connectivity index (χ4v) is 4.58. The van der Waals surface area contributed by atoms with Crippen molar-refractivity contribution in [1.29, 1.82) is 0 Å². The Balaban J connectivity index is 1.45. The standard InChI is InChI=1S/C31H32O8/c1-4-18-34-27-26-25(19-35-30(39-26)22-8-6-5-7-9-22)37-31(36-24-16-14-23(33-3)15-17-24)28(27)38-29(32)21-12-10-20(2)11-13-21/h4-17,25-28,30-31H,1,18-19H2,2-3H3. The average molecular weight is 533 g/mol. The van der Waals surface area contributed by atoms with Crippen LogP contribution in [0.15, 0.2) is 91.5 Å². The molecule has 0 aromatic heterocycles. The number of fused-ring (bicyclic) bond motifs is 1. The fraction of sp³-hybridized carbons (Fsp3) is 0.323. The lowest BCUT2D eigenvalue weighted by molar-refractivity contribution is -0.353. The zero-order chi connectivity index (χ0) is 27.2. The van der Waals surface area contributed by atoms with Gasteiger partial charge in [0.1, 0.15) is 29.8 Å². The van der Waals surface area contributed by atoms with Crippen LogP contribution in [0, 0.1) is 6.92 Å². The van der Waals surface area contributed by atoms with E-state index in [9.17, 15) is 4.79 Å². The van der Waals surface area contributed by atoms with Gasteiger partial charge in [-0.3, -0.25) is 0 Å². The maximum absolute atomic E-state index is 13.3. The number of hydrogen-bond donors (Lipinski definition) is 0. The molecule has 2 heterocycles. The number of aryl methyl sites for hydroxylation is 1. The second-order valence-electron chi connectivity index (χ2n) is 9.34. The van der Waals surface area contributed by atoms with Gasteiger partial charge in [0, 0.05) is 5.56 Å². The lowest BCUT2D eigenvalue weighted by Gasteiger charge is -2.48. The summed E-state index contributed by atoms with van der Waals surface area (Å²) in [6, 6.07) is 23.8. The number of ether oxygens (including phenoxy) is 7. The summed E-state index contributed by atoms with van der Waals surface area (Å²) in [6.07, 6.45) is -2.81. The molecule has 8 nitrogen and oxygen atoms in total. The third-order valence-electron chi connectivity index (χ3n) is 6.60. The Labute approximate surface area is 228 Å². The Morgan fingerprint density at radius 1 is 0.949 bits per heavy atom. The van der Waals surface area contributed by atoms with E-state index >= 15 is 0 Å². The molecule has 0 N–H and O–H groups in total. The minimum absolute atomic E-state index is 0.210. The van der Waals surface area contributed by atoms with Crippen LogP contribution in [0.4, 0.5) is 0 Å². The summed E-state index contributed by atoms with van der Waals surface area (Å²) < 4.78 is 42.4. The first-order valence-electron chi connectivity index (χ1n) is 12.8. The van der Waals surface area contributed by atoms with Gasteiger partial charge in [-0.2, -0.15) is 0 Å². The van der Waals surface area contributed by atoms with E-state index in [0.717, 1.165) is 11.1 Å². The van der Waals surface area contributed by atoms with Crippen LogP contribution in [0.25, 0.3) is 0 Å². The number of esters is 1. The smallest absolute Gasteiger partial charge is 0.338 e. The Morgan fingerprint density at radius 3 is 2.36 bits per heavy atom. The number of rotatable bonds is 9. The molecule has 2 aliphatic heterocycles. The Morgan fingerprint density at radius 2 is 1.67 bits per heavy atom. The predicted octanol–water partition coefficient (Wildman–Crippen LogP) is 5.02. The van der Waals surface area contributed by atoms with Crippen molar-refractivity contribution in [2.45, 2.75) is 43.9 Å². The molecule has 0 amide bonds. The Hall–Kier alpha value is -3.69. The minimum atomic E-state index is -0.996. The Bertz CT molecular complexity index is 1230. The van der Waals surface area contributed by atoms with E-state index in [1.54, 1.807) is 49.6 Å². The van der Waals surface area contributed by atoms with Crippen LogP contribution in [0.2, 0.25) is 0 Å². The summed E-state index contributed by atoms with van der Waals surface area (Å²) in [7, 11) is 1.59. The number of carbonyl (C=O) groups is 1. The third kappa shape index (κ3) is 6.32. The molecule has 39 heavy (non-hydrogen) atoms. The van der Waals surface area contributed by atoms with Crippen LogP contribution in [0.5, 0.6) is 11.5 Å². The van der Waals surface area contributed by atoms with Crippen molar-refractivity contribution in [2.24, 2.45) is 0 Å².